The zero-order chi connectivity index (χ0) is 26.1. The standard InChI is InChI=1S/C29H25BrN2O5/c1-36-21-8-6-17(7-9-21)27(33)25-26(18-4-3-5-20(30)14-18)32(29(35)28(25)34)13-12-19-16-31-24-11-10-22(37-2)15-23(19)24/h3-11,14-16,26,31,33H,12-13H2,1-2H3/b27-25-. The van der Waals surface area contributed by atoms with Crippen molar-refractivity contribution in [2.24, 2.45) is 0 Å². The summed E-state index contributed by atoms with van der Waals surface area (Å²) in [5.41, 5.74) is 3.18. The molecule has 1 unspecified atom stereocenters. The van der Waals surface area contributed by atoms with Crippen LogP contribution in [0, 0.1) is 0 Å². The fraction of sp³-hybridized carbons (Fsp3) is 0.172. The van der Waals surface area contributed by atoms with Crippen LogP contribution >= 0.6 is 15.9 Å². The average Bonchev–Trinajstić information content (AvgIpc) is 3.44. The highest BCUT2D eigenvalue weighted by Gasteiger charge is 2.46. The van der Waals surface area contributed by atoms with Crippen molar-refractivity contribution in [2.45, 2.75) is 12.5 Å². The van der Waals surface area contributed by atoms with Crippen molar-refractivity contribution < 1.29 is 24.2 Å². The molecular formula is C29H25BrN2O5. The van der Waals surface area contributed by atoms with E-state index in [2.05, 4.69) is 20.9 Å². The highest BCUT2D eigenvalue weighted by Crippen LogP contribution is 2.40. The van der Waals surface area contributed by atoms with E-state index < -0.39 is 17.7 Å². The Hall–Kier alpha value is -4.04. The van der Waals surface area contributed by atoms with E-state index in [1.165, 1.54) is 4.90 Å². The maximum absolute atomic E-state index is 13.3. The Morgan fingerprint density at radius 2 is 1.73 bits per heavy atom. The van der Waals surface area contributed by atoms with E-state index >= 15 is 0 Å². The molecule has 0 spiro atoms. The van der Waals surface area contributed by atoms with Crippen LogP contribution in [0.15, 0.2) is 83.0 Å². The summed E-state index contributed by atoms with van der Waals surface area (Å²) in [6.07, 6.45) is 2.42. The molecular weight excluding hydrogens is 536 g/mol. The number of aliphatic hydroxyl groups is 1. The molecule has 8 heteroatoms. The minimum atomic E-state index is -0.737. The number of aliphatic hydroxyl groups excluding tert-OH is 1. The number of nitrogens with one attached hydrogen (secondary N) is 1. The van der Waals surface area contributed by atoms with Gasteiger partial charge in [0.2, 0.25) is 0 Å². The van der Waals surface area contributed by atoms with Crippen molar-refractivity contribution in [2.75, 3.05) is 20.8 Å². The number of carbonyl (C=O) groups is 2. The van der Waals surface area contributed by atoms with Gasteiger partial charge in [0.15, 0.2) is 0 Å². The Kier molecular flexibility index (Phi) is 6.76. The number of nitrogens with zero attached hydrogens (tertiary/aromatic N) is 1. The van der Waals surface area contributed by atoms with Gasteiger partial charge in [0.05, 0.1) is 25.8 Å². The third-order valence-corrected chi connectivity index (χ3v) is 7.16. The zero-order valence-corrected chi connectivity index (χ0v) is 21.9. The van der Waals surface area contributed by atoms with Gasteiger partial charge in [-0.1, -0.05) is 28.1 Å². The minimum absolute atomic E-state index is 0.0638. The summed E-state index contributed by atoms with van der Waals surface area (Å²) in [6, 6.07) is 19.2. The molecule has 188 valence electrons. The molecule has 2 heterocycles. The van der Waals surface area contributed by atoms with E-state index in [4.69, 9.17) is 9.47 Å². The number of methoxy groups -OCH3 is 2. The van der Waals surface area contributed by atoms with Crippen LogP contribution in [-0.2, 0) is 16.0 Å². The summed E-state index contributed by atoms with van der Waals surface area (Å²) in [5.74, 6) is -0.208. The monoisotopic (exact) mass is 560 g/mol. The number of benzene rings is 3. The fourth-order valence-electron chi connectivity index (χ4n) is 4.77. The first kappa shape index (κ1) is 24.6. The molecule has 7 nitrogen and oxygen atoms in total. The number of aromatic amines is 1. The predicted molar refractivity (Wildman–Crippen MR) is 145 cm³/mol. The van der Waals surface area contributed by atoms with Crippen LogP contribution in [0.25, 0.3) is 16.7 Å². The maximum Gasteiger partial charge on any atom is 0.295 e. The second-order valence-corrected chi connectivity index (χ2v) is 9.67. The molecule has 0 radical (unpaired) electrons. The third kappa shape index (κ3) is 4.60. The SMILES string of the molecule is COc1ccc(/C(O)=C2/C(=O)C(=O)N(CCc3c[nH]c4ccc(OC)cc34)C2c2cccc(Br)c2)cc1. The Morgan fingerprint density at radius 3 is 2.43 bits per heavy atom. The molecule has 5 rings (SSSR count). The first-order valence-electron chi connectivity index (χ1n) is 11.7. The van der Waals surface area contributed by atoms with Gasteiger partial charge in [-0.2, -0.15) is 0 Å². The summed E-state index contributed by atoms with van der Waals surface area (Å²) in [5, 5.41) is 12.2. The molecule has 0 saturated carbocycles. The van der Waals surface area contributed by atoms with Crippen molar-refractivity contribution in [3.8, 4) is 11.5 Å². The Bertz CT molecular complexity index is 1520. The topological polar surface area (TPSA) is 91.9 Å². The van der Waals surface area contributed by atoms with Crippen molar-refractivity contribution in [3.05, 3.63) is 99.7 Å². The summed E-state index contributed by atoms with van der Waals surface area (Å²) >= 11 is 3.49. The quantitative estimate of drug-likeness (QED) is 0.174. The lowest BCUT2D eigenvalue weighted by molar-refractivity contribution is -0.139. The van der Waals surface area contributed by atoms with E-state index in [1.54, 1.807) is 38.5 Å². The van der Waals surface area contributed by atoms with Gasteiger partial charge in [0.25, 0.3) is 11.7 Å². The van der Waals surface area contributed by atoms with Crippen LogP contribution in [0.4, 0.5) is 0 Å². The second kappa shape index (κ2) is 10.1. The number of aromatic nitrogens is 1. The number of rotatable bonds is 7. The number of carbonyl (C=O) groups excluding carboxylic acids is 2. The van der Waals surface area contributed by atoms with Crippen LogP contribution in [-0.4, -0.2) is 47.4 Å². The smallest absolute Gasteiger partial charge is 0.295 e. The van der Waals surface area contributed by atoms with E-state index in [1.807, 2.05) is 48.7 Å². The van der Waals surface area contributed by atoms with Crippen molar-refractivity contribution in [1.82, 2.24) is 9.88 Å². The maximum atomic E-state index is 13.3. The van der Waals surface area contributed by atoms with Gasteiger partial charge in [-0.05, 0) is 72.1 Å². The molecule has 1 atom stereocenters. The predicted octanol–water partition coefficient (Wildman–Crippen LogP) is 5.61. The van der Waals surface area contributed by atoms with Crippen molar-refractivity contribution in [3.63, 3.8) is 0 Å². The molecule has 1 fully saturated rings. The Morgan fingerprint density at radius 1 is 1.00 bits per heavy atom. The number of Topliss-reactive ketones (excluding diaryl/α,β-unsaturated/α-hetero) is 1. The number of hydrogen-bond donors (Lipinski definition) is 2. The molecule has 1 aromatic heterocycles. The van der Waals surface area contributed by atoms with Gasteiger partial charge >= 0.3 is 0 Å². The van der Waals surface area contributed by atoms with Crippen molar-refractivity contribution >= 4 is 44.3 Å². The minimum Gasteiger partial charge on any atom is -0.507 e. The largest absolute Gasteiger partial charge is 0.507 e. The first-order chi connectivity index (χ1) is 17.9. The first-order valence-corrected chi connectivity index (χ1v) is 12.5. The third-order valence-electron chi connectivity index (χ3n) is 6.66. The fourth-order valence-corrected chi connectivity index (χ4v) is 5.19. The van der Waals surface area contributed by atoms with E-state index in [0.717, 1.165) is 32.3 Å². The van der Waals surface area contributed by atoms with Crippen LogP contribution in [0.5, 0.6) is 11.5 Å². The second-order valence-electron chi connectivity index (χ2n) is 8.75. The Labute approximate surface area is 222 Å². The average molecular weight is 561 g/mol. The molecule has 4 aromatic rings. The highest BCUT2D eigenvalue weighted by atomic mass is 79.9. The number of likely N-dealkylation sites (tertiary alicyclic amines) is 1. The van der Waals surface area contributed by atoms with Gasteiger partial charge in [-0.15, -0.1) is 0 Å². The molecule has 0 bridgehead atoms. The lowest BCUT2D eigenvalue weighted by atomic mass is 9.95. The molecule has 1 saturated heterocycles. The van der Waals surface area contributed by atoms with Crippen LogP contribution < -0.4 is 9.47 Å². The summed E-state index contributed by atoms with van der Waals surface area (Å²) in [6.45, 7) is 0.283. The molecule has 3 aromatic carbocycles. The summed E-state index contributed by atoms with van der Waals surface area (Å²) < 4.78 is 11.4. The van der Waals surface area contributed by atoms with Gasteiger partial charge < -0.3 is 24.5 Å². The molecule has 37 heavy (non-hydrogen) atoms. The number of ether oxygens (including phenoxy) is 2. The van der Waals surface area contributed by atoms with E-state index in [0.29, 0.717) is 17.7 Å². The van der Waals surface area contributed by atoms with Crippen LogP contribution in [0.1, 0.15) is 22.7 Å². The van der Waals surface area contributed by atoms with Crippen molar-refractivity contribution in [1.29, 1.82) is 0 Å². The number of amides is 1. The lowest BCUT2D eigenvalue weighted by Crippen LogP contribution is -2.31. The van der Waals surface area contributed by atoms with Gasteiger partial charge in [0.1, 0.15) is 17.3 Å². The number of hydrogen-bond acceptors (Lipinski definition) is 5. The molecule has 1 amide bonds. The van der Waals surface area contributed by atoms with E-state index in [-0.39, 0.29) is 17.9 Å². The molecule has 1 aliphatic rings. The van der Waals surface area contributed by atoms with Gasteiger partial charge in [-0.3, -0.25) is 9.59 Å². The highest BCUT2D eigenvalue weighted by molar-refractivity contribution is 9.10. The van der Waals surface area contributed by atoms with Crippen LogP contribution in [0.3, 0.4) is 0 Å². The lowest BCUT2D eigenvalue weighted by Gasteiger charge is -2.25. The Balaban J connectivity index is 1.55. The number of ketones is 1. The normalized spacial score (nSPS) is 16.9. The van der Waals surface area contributed by atoms with Gasteiger partial charge in [0, 0.05) is 33.7 Å². The van der Waals surface area contributed by atoms with E-state index in [9.17, 15) is 14.7 Å². The molecule has 1 aliphatic heterocycles. The van der Waals surface area contributed by atoms with Crippen LogP contribution in [0.2, 0.25) is 0 Å². The number of fused-ring (bicyclic) bond motifs is 1. The summed E-state index contributed by atoms with van der Waals surface area (Å²) in [7, 11) is 3.17. The zero-order valence-electron chi connectivity index (χ0n) is 20.3. The molecule has 2 N–H and O–H groups in total. The number of halogens is 1. The number of H-pyrrole nitrogens is 1. The molecule has 0 aliphatic carbocycles. The van der Waals surface area contributed by atoms with Gasteiger partial charge in [-0.25, -0.2) is 0 Å². The summed E-state index contributed by atoms with van der Waals surface area (Å²) in [4.78, 5) is 31.4.